The quantitative estimate of drug-likeness (QED) is 0.820. The fraction of sp³-hybridized carbons (Fsp3) is 0.533. The minimum atomic E-state index is -0.674. The van der Waals surface area contributed by atoms with E-state index in [1.54, 1.807) is 12.1 Å². The molecule has 1 aromatic rings. The number of halogens is 1. The van der Waals surface area contributed by atoms with Gasteiger partial charge in [-0.1, -0.05) is 11.6 Å². The number of rotatable bonds is 6. The predicted octanol–water partition coefficient (Wildman–Crippen LogP) is 2.91. The van der Waals surface area contributed by atoms with E-state index in [9.17, 15) is 4.79 Å². The van der Waals surface area contributed by atoms with Gasteiger partial charge in [-0.05, 0) is 50.1 Å². The lowest BCUT2D eigenvalue weighted by molar-refractivity contribution is -0.143. The predicted molar refractivity (Wildman–Crippen MR) is 78.4 cm³/mol. The van der Waals surface area contributed by atoms with E-state index in [-0.39, 0.29) is 5.92 Å². The van der Waals surface area contributed by atoms with Gasteiger partial charge in [0.25, 0.3) is 0 Å². The van der Waals surface area contributed by atoms with Gasteiger partial charge in [0.15, 0.2) is 0 Å². The molecule has 110 valence electrons. The maximum atomic E-state index is 11.0. The van der Waals surface area contributed by atoms with Crippen LogP contribution in [0.3, 0.4) is 0 Å². The Bertz CT molecular complexity index is 435. The molecule has 1 aromatic carbocycles. The number of hydrogen-bond donors (Lipinski definition) is 1. The van der Waals surface area contributed by atoms with Crippen molar-refractivity contribution in [3.05, 3.63) is 29.3 Å². The third-order valence-corrected chi connectivity index (χ3v) is 3.81. The van der Waals surface area contributed by atoms with Crippen molar-refractivity contribution >= 4 is 17.6 Å². The lowest BCUT2D eigenvalue weighted by Gasteiger charge is -2.30. The van der Waals surface area contributed by atoms with Crippen LogP contribution in [0.4, 0.5) is 0 Å². The fourth-order valence-corrected chi connectivity index (χ4v) is 2.60. The topological polar surface area (TPSA) is 49.8 Å². The zero-order valence-corrected chi connectivity index (χ0v) is 12.2. The Morgan fingerprint density at radius 1 is 1.40 bits per heavy atom. The van der Waals surface area contributed by atoms with Gasteiger partial charge in [-0.2, -0.15) is 0 Å². The zero-order chi connectivity index (χ0) is 14.4. The molecule has 0 saturated carbocycles. The lowest BCUT2D eigenvalue weighted by Crippen LogP contribution is -2.39. The number of piperidine rings is 1. The van der Waals surface area contributed by atoms with Gasteiger partial charge in [0.05, 0.1) is 12.5 Å². The Morgan fingerprint density at radius 3 is 2.85 bits per heavy atom. The fourth-order valence-electron chi connectivity index (χ4n) is 2.47. The van der Waals surface area contributed by atoms with Crippen LogP contribution >= 0.6 is 11.6 Å². The smallest absolute Gasteiger partial charge is 0.307 e. The summed E-state index contributed by atoms with van der Waals surface area (Å²) in [5, 5.41) is 9.74. The van der Waals surface area contributed by atoms with Crippen molar-refractivity contribution in [2.24, 2.45) is 5.92 Å². The van der Waals surface area contributed by atoms with Gasteiger partial charge >= 0.3 is 5.97 Å². The molecule has 0 bridgehead atoms. The van der Waals surface area contributed by atoms with Crippen LogP contribution in [0.2, 0.25) is 5.02 Å². The third kappa shape index (κ3) is 4.69. The van der Waals surface area contributed by atoms with Gasteiger partial charge in [-0.15, -0.1) is 0 Å². The molecule has 1 aliphatic rings. The first-order chi connectivity index (χ1) is 9.65. The highest BCUT2D eigenvalue weighted by Crippen LogP contribution is 2.18. The molecule has 20 heavy (non-hydrogen) atoms. The van der Waals surface area contributed by atoms with Gasteiger partial charge in [-0.25, -0.2) is 0 Å². The maximum Gasteiger partial charge on any atom is 0.307 e. The molecular formula is C15H20ClNO3. The Hall–Kier alpha value is -1.26. The molecular weight excluding hydrogens is 278 g/mol. The molecule has 4 nitrogen and oxygen atoms in total. The molecule has 1 heterocycles. The molecule has 2 rings (SSSR count). The van der Waals surface area contributed by atoms with Gasteiger partial charge in [-0.3, -0.25) is 4.79 Å². The van der Waals surface area contributed by atoms with Crippen molar-refractivity contribution in [1.29, 1.82) is 0 Å². The second-order valence-corrected chi connectivity index (χ2v) is 5.57. The third-order valence-electron chi connectivity index (χ3n) is 3.56. The van der Waals surface area contributed by atoms with E-state index >= 15 is 0 Å². The minimum absolute atomic E-state index is 0.207. The SMILES string of the molecule is O=C(O)C1CCCN(CCCOc2ccc(Cl)cc2)C1. The second kappa shape index (κ2) is 7.50. The number of hydrogen-bond acceptors (Lipinski definition) is 3. The molecule has 1 fully saturated rings. The number of ether oxygens (including phenoxy) is 1. The normalized spacial score (nSPS) is 19.8. The molecule has 1 unspecified atom stereocenters. The Balaban J connectivity index is 1.65. The standard InChI is InChI=1S/C15H20ClNO3/c16-13-4-6-14(7-5-13)20-10-2-9-17-8-1-3-12(11-17)15(18)19/h4-7,12H,1-3,8-11H2,(H,18,19). The summed E-state index contributed by atoms with van der Waals surface area (Å²) in [6.45, 7) is 3.17. The molecule has 1 aliphatic heterocycles. The van der Waals surface area contributed by atoms with E-state index in [4.69, 9.17) is 21.4 Å². The molecule has 1 atom stereocenters. The first-order valence-electron chi connectivity index (χ1n) is 6.98. The highest BCUT2D eigenvalue weighted by atomic mass is 35.5. The number of likely N-dealkylation sites (tertiary alicyclic amines) is 1. The zero-order valence-electron chi connectivity index (χ0n) is 11.4. The van der Waals surface area contributed by atoms with Crippen LogP contribution in [0.5, 0.6) is 5.75 Å². The summed E-state index contributed by atoms with van der Waals surface area (Å²) >= 11 is 5.80. The number of carboxylic acids is 1. The first-order valence-corrected chi connectivity index (χ1v) is 7.36. The largest absolute Gasteiger partial charge is 0.494 e. The summed E-state index contributed by atoms with van der Waals surface area (Å²) in [6.07, 6.45) is 2.66. The Kier molecular flexibility index (Phi) is 5.68. The number of aliphatic carboxylic acids is 1. The van der Waals surface area contributed by atoms with Crippen molar-refractivity contribution in [1.82, 2.24) is 4.90 Å². The number of benzene rings is 1. The van der Waals surface area contributed by atoms with Crippen LogP contribution < -0.4 is 4.74 Å². The van der Waals surface area contributed by atoms with Crippen LogP contribution in [0.1, 0.15) is 19.3 Å². The van der Waals surface area contributed by atoms with Crippen molar-refractivity contribution < 1.29 is 14.6 Å². The van der Waals surface area contributed by atoms with E-state index in [2.05, 4.69) is 4.90 Å². The van der Waals surface area contributed by atoms with Crippen LogP contribution in [0.15, 0.2) is 24.3 Å². The van der Waals surface area contributed by atoms with Crippen molar-refractivity contribution in [2.75, 3.05) is 26.2 Å². The molecule has 0 spiro atoms. The maximum absolute atomic E-state index is 11.0. The van der Waals surface area contributed by atoms with Gasteiger partial charge in [0.2, 0.25) is 0 Å². The molecule has 1 N–H and O–H groups in total. The molecule has 0 aliphatic carbocycles. The van der Waals surface area contributed by atoms with Crippen LogP contribution in [-0.4, -0.2) is 42.2 Å². The average Bonchev–Trinajstić information content (AvgIpc) is 2.46. The highest BCUT2D eigenvalue weighted by Gasteiger charge is 2.24. The molecule has 1 saturated heterocycles. The first kappa shape index (κ1) is 15.1. The molecule has 0 aromatic heterocycles. The van der Waals surface area contributed by atoms with Crippen molar-refractivity contribution in [3.63, 3.8) is 0 Å². The van der Waals surface area contributed by atoms with Crippen molar-refractivity contribution in [3.8, 4) is 5.75 Å². The molecule has 0 amide bonds. The van der Waals surface area contributed by atoms with E-state index in [0.717, 1.165) is 38.1 Å². The second-order valence-electron chi connectivity index (χ2n) is 5.13. The van der Waals surface area contributed by atoms with Crippen molar-refractivity contribution in [2.45, 2.75) is 19.3 Å². The van der Waals surface area contributed by atoms with Crippen LogP contribution in [0.25, 0.3) is 0 Å². The van der Waals surface area contributed by atoms with E-state index in [1.807, 2.05) is 12.1 Å². The number of carboxylic acid groups (broad SMARTS) is 1. The van der Waals surface area contributed by atoms with E-state index < -0.39 is 5.97 Å². The summed E-state index contributed by atoms with van der Waals surface area (Å²) in [6, 6.07) is 7.31. The van der Waals surface area contributed by atoms with Crippen LogP contribution in [0, 0.1) is 5.92 Å². The molecule has 0 radical (unpaired) electrons. The van der Waals surface area contributed by atoms with Gasteiger partial charge in [0.1, 0.15) is 5.75 Å². The number of nitrogens with zero attached hydrogens (tertiary/aromatic N) is 1. The summed E-state index contributed by atoms with van der Waals surface area (Å²) in [7, 11) is 0. The van der Waals surface area contributed by atoms with Gasteiger partial charge < -0.3 is 14.7 Å². The molecule has 5 heteroatoms. The Morgan fingerprint density at radius 2 is 2.15 bits per heavy atom. The van der Waals surface area contributed by atoms with Crippen LogP contribution in [-0.2, 0) is 4.79 Å². The summed E-state index contributed by atoms with van der Waals surface area (Å²) in [5.41, 5.74) is 0. The summed E-state index contributed by atoms with van der Waals surface area (Å²) < 4.78 is 5.62. The van der Waals surface area contributed by atoms with E-state index in [1.165, 1.54) is 0 Å². The van der Waals surface area contributed by atoms with E-state index in [0.29, 0.717) is 18.2 Å². The number of carbonyl (C=O) groups is 1. The monoisotopic (exact) mass is 297 g/mol. The highest BCUT2D eigenvalue weighted by molar-refractivity contribution is 6.30. The minimum Gasteiger partial charge on any atom is -0.494 e. The average molecular weight is 298 g/mol. The summed E-state index contributed by atoms with van der Waals surface area (Å²) in [4.78, 5) is 13.2. The Labute approximate surface area is 124 Å². The van der Waals surface area contributed by atoms with Gasteiger partial charge in [0, 0.05) is 18.1 Å². The lowest BCUT2D eigenvalue weighted by atomic mass is 9.98. The summed E-state index contributed by atoms with van der Waals surface area (Å²) in [5.74, 6) is -0.0653.